The first-order chi connectivity index (χ1) is 16.0. The van der Waals surface area contributed by atoms with Gasteiger partial charge in [-0.25, -0.2) is 9.78 Å². The average molecular weight is 443 g/mol. The van der Waals surface area contributed by atoms with E-state index in [1.807, 2.05) is 86.6 Å². The molecule has 4 aromatic rings. The van der Waals surface area contributed by atoms with Crippen molar-refractivity contribution in [2.24, 2.45) is 0 Å². The average Bonchev–Trinajstić information content (AvgIpc) is 2.83. The first-order valence-electron chi connectivity index (χ1n) is 10.6. The first-order valence-corrected chi connectivity index (χ1v) is 10.6. The molecule has 1 heterocycles. The number of hydrogen-bond acceptors (Lipinski definition) is 6. The predicted octanol–water partition coefficient (Wildman–Crippen LogP) is 6.12. The molecule has 0 radical (unpaired) electrons. The smallest absolute Gasteiger partial charge is 0.345 e. The Balaban J connectivity index is 0.000000323. The second-order valence-corrected chi connectivity index (χ2v) is 7.15. The zero-order valence-corrected chi connectivity index (χ0v) is 18.9. The summed E-state index contributed by atoms with van der Waals surface area (Å²) in [7, 11) is 0. The third-order valence-electron chi connectivity index (χ3n) is 4.70. The minimum Gasteiger partial charge on any atom is -0.508 e. The standard InChI is InChI=1S/C20H18N2O3.C7H8O/c1-3-24-20(23)16-13-21-18(15-10-5-4-6-11-15)22-19(16)25-17-12-8-7-9-14(17)2;1-6-4-2-3-5-7(6)8/h4-13H,3H2,1-2H3;2-5,8H,1H3. The van der Waals surface area contributed by atoms with Gasteiger partial charge in [0.15, 0.2) is 5.82 Å². The Morgan fingerprint density at radius 3 is 2.12 bits per heavy atom. The molecule has 0 atom stereocenters. The number of esters is 1. The molecule has 3 aromatic carbocycles. The molecule has 0 bridgehead atoms. The molecule has 0 saturated heterocycles. The van der Waals surface area contributed by atoms with Gasteiger partial charge in [0.1, 0.15) is 17.1 Å². The van der Waals surface area contributed by atoms with Crippen LogP contribution in [0, 0.1) is 13.8 Å². The molecule has 0 fully saturated rings. The summed E-state index contributed by atoms with van der Waals surface area (Å²) in [6, 6.07) is 24.3. The third-order valence-corrected chi connectivity index (χ3v) is 4.70. The van der Waals surface area contributed by atoms with Crippen LogP contribution in [0.1, 0.15) is 28.4 Å². The van der Waals surface area contributed by atoms with Gasteiger partial charge in [-0.3, -0.25) is 0 Å². The van der Waals surface area contributed by atoms with Gasteiger partial charge in [-0.05, 0) is 44.0 Å². The van der Waals surface area contributed by atoms with Crippen LogP contribution < -0.4 is 4.74 Å². The van der Waals surface area contributed by atoms with Gasteiger partial charge in [0, 0.05) is 11.8 Å². The van der Waals surface area contributed by atoms with Crippen LogP contribution in [0.3, 0.4) is 0 Å². The summed E-state index contributed by atoms with van der Waals surface area (Å²) in [5.74, 6) is 1.16. The molecule has 6 heteroatoms. The fourth-order valence-corrected chi connectivity index (χ4v) is 2.86. The highest BCUT2D eigenvalue weighted by Crippen LogP contribution is 2.28. The van der Waals surface area contributed by atoms with Crippen LogP contribution in [0.5, 0.6) is 17.4 Å². The van der Waals surface area contributed by atoms with Gasteiger partial charge in [0.25, 0.3) is 0 Å². The molecule has 0 amide bonds. The van der Waals surface area contributed by atoms with E-state index in [4.69, 9.17) is 14.6 Å². The number of nitrogens with zero attached hydrogens (tertiary/aromatic N) is 2. The fraction of sp³-hybridized carbons (Fsp3) is 0.148. The van der Waals surface area contributed by atoms with E-state index in [0.29, 0.717) is 17.3 Å². The van der Waals surface area contributed by atoms with E-state index >= 15 is 0 Å². The summed E-state index contributed by atoms with van der Waals surface area (Å²) in [6.45, 7) is 5.82. The first kappa shape index (κ1) is 23.5. The van der Waals surface area contributed by atoms with E-state index < -0.39 is 5.97 Å². The predicted molar refractivity (Wildman–Crippen MR) is 128 cm³/mol. The van der Waals surface area contributed by atoms with Gasteiger partial charge in [0.05, 0.1) is 6.61 Å². The highest BCUT2D eigenvalue weighted by atomic mass is 16.5. The second kappa shape index (κ2) is 11.4. The number of phenols is 1. The quantitative estimate of drug-likeness (QED) is 0.375. The molecule has 0 spiro atoms. The number of carbonyl (C=O) groups excluding carboxylic acids is 1. The summed E-state index contributed by atoms with van der Waals surface area (Å²) in [4.78, 5) is 20.9. The Bertz CT molecular complexity index is 1190. The van der Waals surface area contributed by atoms with Crippen molar-refractivity contribution in [1.82, 2.24) is 9.97 Å². The molecule has 0 aliphatic rings. The van der Waals surface area contributed by atoms with Crippen LogP contribution >= 0.6 is 0 Å². The number of rotatable bonds is 5. The van der Waals surface area contributed by atoms with Gasteiger partial charge < -0.3 is 14.6 Å². The topological polar surface area (TPSA) is 81.5 Å². The number of aromatic hydroxyl groups is 1. The van der Waals surface area contributed by atoms with Crippen molar-refractivity contribution in [1.29, 1.82) is 0 Å². The summed E-state index contributed by atoms with van der Waals surface area (Å²) in [5, 5.41) is 8.92. The zero-order valence-electron chi connectivity index (χ0n) is 18.9. The molecule has 0 saturated carbocycles. The summed E-state index contributed by atoms with van der Waals surface area (Å²) in [6.07, 6.45) is 1.45. The van der Waals surface area contributed by atoms with Crippen LogP contribution in [-0.4, -0.2) is 27.7 Å². The lowest BCUT2D eigenvalue weighted by Gasteiger charge is -2.12. The van der Waals surface area contributed by atoms with Crippen LogP contribution in [-0.2, 0) is 4.74 Å². The van der Waals surface area contributed by atoms with E-state index in [1.165, 1.54) is 6.20 Å². The van der Waals surface area contributed by atoms with Crippen LogP contribution in [0.4, 0.5) is 0 Å². The van der Waals surface area contributed by atoms with Gasteiger partial charge in [-0.15, -0.1) is 0 Å². The minimum atomic E-state index is -0.509. The Morgan fingerprint density at radius 2 is 1.52 bits per heavy atom. The van der Waals surface area contributed by atoms with Gasteiger partial charge in [0.2, 0.25) is 5.88 Å². The molecule has 0 aliphatic heterocycles. The third kappa shape index (κ3) is 6.40. The Hall–Kier alpha value is -4.19. The number of benzene rings is 3. The van der Waals surface area contributed by atoms with Crippen molar-refractivity contribution < 1.29 is 19.4 Å². The van der Waals surface area contributed by atoms with E-state index in [9.17, 15) is 4.79 Å². The fourth-order valence-electron chi connectivity index (χ4n) is 2.86. The SMILES string of the molecule is CCOC(=O)c1cnc(-c2ccccc2)nc1Oc1ccccc1C.Cc1ccccc1O. The van der Waals surface area contributed by atoms with Crippen molar-refractivity contribution in [2.45, 2.75) is 20.8 Å². The lowest BCUT2D eigenvalue weighted by Crippen LogP contribution is -2.09. The number of para-hydroxylation sites is 2. The highest BCUT2D eigenvalue weighted by Gasteiger charge is 2.19. The molecular weight excluding hydrogens is 416 g/mol. The molecule has 0 unspecified atom stereocenters. The highest BCUT2D eigenvalue weighted by molar-refractivity contribution is 5.91. The van der Waals surface area contributed by atoms with Crippen molar-refractivity contribution in [3.63, 3.8) is 0 Å². The maximum atomic E-state index is 12.2. The Labute approximate surface area is 193 Å². The number of phenolic OH excluding ortho intramolecular Hbond substituents is 1. The normalized spacial score (nSPS) is 10.0. The maximum Gasteiger partial charge on any atom is 0.345 e. The van der Waals surface area contributed by atoms with Crippen molar-refractivity contribution in [3.05, 3.63) is 102 Å². The molecule has 1 aromatic heterocycles. The number of ether oxygens (including phenoxy) is 2. The molecule has 168 valence electrons. The zero-order chi connectivity index (χ0) is 23.6. The lowest BCUT2D eigenvalue weighted by molar-refractivity contribution is 0.0522. The number of hydrogen-bond donors (Lipinski definition) is 1. The van der Waals surface area contributed by atoms with Crippen LogP contribution in [0.25, 0.3) is 11.4 Å². The van der Waals surface area contributed by atoms with E-state index in [1.54, 1.807) is 13.0 Å². The molecule has 0 aliphatic carbocycles. The second-order valence-electron chi connectivity index (χ2n) is 7.15. The monoisotopic (exact) mass is 442 g/mol. The Kier molecular flexibility index (Phi) is 8.13. The van der Waals surface area contributed by atoms with Gasteiger partial charge in [-0.2, -0.15) is 4.98 Å². The summed E-state index contributed by atoms with van der Waals surface area (Å²) in [5.41, 5.74) is 2.90. The van der Waals surface area contributed by atoms with E-state index in [2.05, 4.69) is 9.97 Å². The van der Waals surface area contributed by atoms with Crippen molar-refractivity contribution >= 4 is 5.97 Å². The molecule has 33 heavy (non-hydrogen) atoms. The number of aromatic nitrogens is 2. The largest absolute Gasteiger partial charge is 0.508 e. The maximum absolute atomic E-state index is 12.2. The van der Waals surface area contributed by atoms with E-state index in [0.717, 1.165) is 16.7 Å². The lowest BCUT2D eigenvalue weighted by atomic mass is 10.2. The molecular formula is C27H26N2O4. The molecule has 4 rings (SSSR count). The minimum absolute atomic E-state index is 0.182. The van der Waals surface area contributed by atoms with Gasteiger partial charge >= 0.3 is 5.97 Å². The molecule has 1 N–H and O–H groups in total. The van der Waals surface area contributed by atoms with Gasteiger partial charge in [-0.1, -0.05) is 66.7 Å². The van der Waals surface area contributed by atoms with Crippen LogP contribution in [0.15, 0.2) is 85.1 Å². The Morgan fingerprint density at radius 1 is 0.879 bits per heavy atom. The summed E-state index contributed by atoms with van der Waals surface area (Å²) < 4.78 is 11.0. The number of carbonyl (C=O) groups is 1. The van der Waals surface area contributed by atoms with E-state index in [-0.39, 0.29) is 18.1 Å². The summed E-state index contributed by atoms with van der Waals surface area (Å²) >= 11 is 0. The number of aryl methyl sites for hydroxylation is 2. The van der Waals surface area contributed by atoms with Crippen molar-refractivity contribution in [3.8, 4) is 28.8 Å². The van der Waals surface area contributed by atoms with Crippen molar-refractivity contribution in [2.75, 3.05) is 6.61 Å². The molecule has 6 nitrogen and oxygen atoms in total. The van der Waals surface area contributed by atoms with Crippen LogP contribution in [0.2, 0.25) is 0 Å².